The first kappa shape index (κ1) is 20.1. The molecule has 0 aliphatic carbocycles. The Hall–Kier alpha value is -2.21. The lowest BCUT2D eigenvalue weighted by molar-refractivity contribution is -0.127. The van der Waals surface area contributed by atoms with Crippen molar-refractivity contribution >= 4 is 21.8 Å². The lowest BCUT2D eigenvalue weighted by Crippen LogP contribution is -2.38. The summed E-state index contributed by atoms with van der Waals surface area (Å²) < 4.78 is 17.3. The number of hydrogen-bond acceptors (Lipinski definition) is 4. The molecular formula is C20H24BrNO4. The van der Waals surface area contributed by atoms with E-state index >= 15 is 0 Å². The Morgan fingerprint density at radius 3 is 2.19 bits per heavy atom. The summed E-state index contributed by atoms with van der Waals surface area (Å²) in [5.41, 5.74) is 1.98. The van der Waals surface area contributed by atoms with Crippen LogP contribution < -0.4 is 19.5 Å². The molecule has 2 unspecified atom stereocenters. The fraction of sp³-hybridized carbons (Fsp3) is 0.350. The van der Waals surface area contributed by atoms with Crippen molar-refractivity contribution in [1.82, 2.24) is 5.32 Å². The molecule has 2 atom stereocenters. The van der Waals surface area contributed by atoms with E-state index in [0.29, 0.717) is 17.2 Å². The monoisotopic (exact) mass is 421 g/mol. The maximum absolute atomic E-state index is 12.5. The van der Waals surface area contributed by atoms with Gasteiger partial charge in [-0.3, -0.25) is 4.79 Å². The first-order valence-corrected chi connectivity index (χ1v) is 9.10. The zero-order valence-electron chi connectivity index (χ0n) is 15.6. The lowest BCUT2D eigenvalue weighted by Gasteiger charge is -2.21. The van der Waals surface area contributed by atoms with Gasteiger partial charge in [-0.15, -0.1) is 0 Å². The maximum atomic E-state index is 12.5. The zero-order valence-corrected chi connectivity index (χ0v) is 17.2. The van der Waals surface area contributed by atoms with Crippen LogP contribution in [0, 0.1) is 6.92 Å². The van der Waals surface area contributed by atoms with Crippen LogP contribution in [-0.4, -0.2) is 26.2 Å². The van der Waals surface area contributed by atoms with Crippen molar-refractivity contribution in [1.29, 1.82) is 0 Å². The lowest BCUT2D eigenvalue weighted by atomic mass is 10.0. The van der Waals surface area contributed by atoms with Crippen LogP contribution in [0.25, 0.3) is 0 Å². The molecule has 0 aliphatic heterocycles. The Kier molecular flexibility index (Phi) is 6.91. The van der Waals surface area contributed by atoms with Crippen LogP contribution >= 0.6 is 15.9 Å². The van der Waals surface area contributed by atoms with E-state index in [1.54, 1.807) is 21.1 Å². The molecular weight excluding hydrogens is 398 g/mol. The Morgan fingerprint density at radius 2 is 1.62 bits per heavy atom. The Balaban J connectivity index is 2.07. The van der Waals surface area contributed by atoms with Crippen molar-refractivity contribution in [2.45, 2.75) is 32.9 Å². The van der Waals surface area contributed by atoms with Gasteiger partial charge in [0.15, 0.2) is 17.6 Å². The van der Waals surface area contributed by atoms with Crippen LogP contribution in [0.2, 0.25) is 0 Å². The van der Waals surface area contributed by atoms with E-state index in [2.05, 4.69) is 21.2 Å². The number of aryl methyl sites for hydroxylation is 1. The zero-order chi connectivity index (χ0) is 19.3. The molecule has 0 bridgehead atoms. The van der Waals surface area contributed by atoms with Crippen molar-refractivity contribution in [3.63, 3.8) is 0 Å². The van der Waals surface area contributed by atoms with Gasteiger partial charge in [0.25, 0.3) is 5.91 Å². The van der Waals surface area contributed by atoms with Crippen LogP contribution in [-0.2, 0) is 4.79 Å². The largest absolute Gasteiger partial charge is 0.493 e. The molecule has 140 valence electrons. The van der Waals surface area contributed by atoms with E-state index in [9.17, 15) is 4.79 Å². The van der Waals surface area contributed by atoms with Crippen molar-refractivity contribution in [2.75, 3.05) is 14.2 Å². The third kappa shape index (κ3) is 4.91. The van der Waals surface area contributed by atoms with Gasteiger partial charge in [0.05, 0.1) is 20.3 Å². The number of halogens is 1. The second-order valence-corrected chi connectivity index (χ2v) is 6.92. The summed E-state index contributed by atoms with van der Waals surface area (Å²) >= 11 is 3.37. The molecule has 26 heavy (non-hydrogen) atoms. The quantitative estimate of drug-likeness (QED) is 0.718. The Bertz CT molecular complexity index is 761. The highest BCUT2D eigenvalue weighted by Crippen LogP contribution is 2.32. The number of carbonyl (C=O) groups excluding carboxylic acids is 1. The molecule has 2 rings (SSSR count). The van der Waals surface area contributed by atoms with Crippen LogP contribution in [0.3, 0.4) is 0 Å². The normalized spacial score (nSPS) is 12.8. The minimum atomic E-state index is -0.612. The SMILES string of the molecule is COc1cc(C)c(C(C)NC(=O)C(C)Oc2ccc(Br)cc2)cc1OC. The molecule has 2 aromatic carbocycles. The van der Waals surface area contributed by atoms with E-state index in [1.807, 2.05) is 50.2 Å². The fourth-order valence-electron chi connectivity index (χ4n) is 2.64. The summed E-state index contributed by atoms with van der Waals surface area (Å²) in [4.78, 5) is 12.5. The van der Waals surface area contributed by atoms with Gasteiger partial charge in [-0.1, -0.05) is 15.9 Å². The maximum Gasteiger partial charge on any atom is 0.261 e. The number of amides is 1. The standard InChI is InChI=1S/C20H24BrNO4/c1-12-10-18(24-4)19(25-5)11-17(12)13(2)22-20(23)14(3)26-16-8-6-15(21)7-9-16/h6-11,13-14H,1-5H3,(H,22,23). The van der Waals surface area contributed by atoms with Gasteiger partial charge in [-0.2, -0.15) is 0 Å². The highest BCUT2D eigenvalue weighted by Gasteiger charge is 2.20. The molecule has 0 radical (unpaired) electrons. The summed E-state index contributed by atoms with van der Waals surface area (Å²) in [6.45, 7) is 5.63. The van der Waals surface area contributed by atoms with Crippen molar-refractivity contribution < 1.29 is 19.0 Å². The van der Waals surface area contributed by atoms with Gasteiger partial charge in [-0.05, 0) is 68.3 Å². The van der Waals surface area contributed by atoms with Crippen LogP contribution in [0.4, 0.5) is 0 Å². The van der Waals surface area contributed by atoms with Crippen molar-refractivity contribution in [3.8, 4) is 17.2 Å². The molecule has 0 saturated carbocycles. The predicted molar refractivity (Wildman–Crippen MR) is 105 cm³/mol. The second kappa shape index (κ2) is 8.94. The van der Waals surface area contributed by atoms with Gasteiger partial charge >= 0.3 is 0 Å². The van der Waals surface area contributed by atoms with E-state index in [0.717, 1.165) is 15.6 Å². The summed E-state index contributed by atoms with van der Waals surface area (Å²) in [7, 11) is 3.19. The Labute approximate surface area is 162 Å². The van der Waals surface area contributed by atoms with Crippen molar-refractivity contribution in [3.05, 3.63) is 52.0 Å². The van der Waals surface area contributed by atoms with Gasteiger partial charge < -0.3 is 19.5 Å². The highest BCUT2D eigenvalue weighted by molar-refractivity contribution is 9.10. The molecule has 0 spiro atoms. The van der Waals surface area contributed by atoms with Gasteiger partial charge in [-0.25, -0.2) is 0 Å². The van der Waals surface area contributed by atoms with E-state index in [-0.39, 0.29) is 11.9 Å². The van der Waals surface area contributed by atoms with E-state index in [1.165, 1.54) is 0 Å². The second-order valence-electron chi connectivity index (χ2n) is 6.01. The van der Waals surface area contributed by atoms with Crippen LogP contribution in [0.15, 0.2) is 40.9 Å². The van der Waals surface area contributed by atoms with Gasteiger partial charge in [0, 0.05) is 4.47 Å². The molecule has 1 N–H and O–H groups in total. The molecule has 5 nitrogen and oxygen atoms in total. The highest BCUT2D eigenvalue weighted by atomic mass is 79.9. The fourth-order valence-corrected chi connectivity index (χ4v) is 2.91. The number of ether oxygens (including phenoxy) is 3. The van der Waals surface area contributed by atoms with E-state index in [4.69, 9.17) is 14.2 Å². The number of hydrogen-bond donors (Lipinski definition) is 1. The average molecular weight is 422 g/mol. The molecule has 0 saturated heterocycles. The summed E-state index contributed by atoms with van der Waals surface area (Å²) in [5.74, 6) is 1.76. The molecule has 0 aliphatic rings. The molecule has 2 aromatic rings. The summed E-state index contributed by atoms with van der Waals surface area (Å²) in [6, 6.07) is 11.0. The Morgan fingerprint density at radius 1 is 1.04 bits per heavy atom. The van der Waals surface area contributed by atoms with Gasteiger partial charge in [0.2, 0.25) is 0 Å². The smallest absolute Gasteiger partial charge is 0.261 e. The predicted octanol–water partition coefficient (Wildman–Crippen LogP) is 4.42. The summed E-state index contributed by atoms with van der Waals surface area (Å²) in [6.07, 6.45) is -0.612. The van der Waals surface area contributed by atoms with Crippen LogP contribution in [0.1, 0.15) is 31.0 Å². The first-order chi connectivity index (χ1) is 12.3. The number of methoxy groups -OCH3 is 2. The van der Waals surface area contributed by atoms with Gasteiger partial charge in [0.1, 0.15) is 5.75 Å². The third-order valence-corrected chi connectivity index (χ3v) is 4.62. The number of benzene rings is 2. The van der Waals surface area contributed by atoms with Crippen molar-refractivity contribution in [2.24, 2.45) is 0 Å². The molecule has 0 aromatic heterocycles. The minimum absolute atomic E-state index is 0.186. The number of nitrogens with one attached hydrogen (secondary N) is 1. The topological polar surface area (TPSA) is 56.8 Å². The van der Waals surface area contributed by atoms with Crippen LogP contribution in [0.5, 0.6) is 17.2 Å². The molecule has 0 fully saturated rings. The summed E-state index contributed by atoms with van der Waals surface area (Å²) in [5, 5.41) is 2.99. The third-order valence-electron chi connectivity index (χ3n) is 4.09. The molecule has 0 heterocycles. The van der Waals surface area contributed by atoms with E-state index < -0.39 is 6.10 Å². The minimum Gasteiger partial charge on any atom is -0.493 e. The number of rotatable bonds is 7. The molecule has 6 heteroatoms. The number of carbonyl (C=O) groups is 1. The average Bonchev–Trinajstić information content (AvgIpc) is 2.62. The molecule has 1 amide bonds. The first-order valence-electron chi connectivity index (χ1n) is 8.30.